The van der Waals surface area contributed by atoms with E-state index in [2.05, 4.69) is 10.3 Å². The van der Waals surface area contributed by atoms with E-state index in [1.54, 1.807) is 43.6 Å². The molecule has 4 rings (SSSR count). The fraction of sp³-hybridized carbons (Fsp3) is 0.370. The molecular weight excluding hydrogens is 462 g/mol. The summed E-state index contributed by atoms with van der Waals surface area (Å²) < 4.78 is 11.0. The summed E-state index contributed by atoms with van der Waals surface area (Å²) in [4.78, 5) is 34.4. The molecule has 1 saturated carbocycles. The molecule has 8 heteroatoms. The van der Waals surface area contributed by atoms with Crippen LogP contribution in [-0.2, 0) is 22.6 Å². The molecule has 2 aromatic heterocycles. The molecule has 1 aliphatic carbocycles. The van der Waals surface area contributed by atoms with E-state index in [1.807, 2.05) is 35.7 Å². The number of carbonyl (C=O) groups excluding carboxylic acids is 2. The molecule has 3 aromatic rings. The Bertz CT molecular complexity index is 1110. The van der Waals surface area contributed by atoms with Crippen LogP contribution < -0.4 is 14.8 Å². The highest BCUT2D eigenvalue weighted by Gasteiger charge is 2.35. The van der Waals surface area contributed by atoms with Crippen LogP contribution in [0.4, 0.5) is 0 Å². The lowest BCUT2D eigenvalue weighted by molar-refractivity contribution is -0.141. The first-order valence-corrected chi connectivity index (χ1v) is 12.7. The van der Waals surface area contributed by atoms with Gasteiger partial charge in [0.15, 0.2) is 0 Å². The SMILES string of the molecule is COc1ccc([C@H](C(=O)NC2CCCC2)N(Cc2cccnc2)C(=O)Cc2cccs2)c(OC)c1. The van der Waals surface area contributed by atoms with Crippen molar-refractivity contribution in [2.24, 2.45) is 0 Å². The van der Waals surface area contributed by atoms with Crippen molar-refractivity contribution in [3.05, 3.63) is 76.2 Å². The normalized spacial score (nSPS) is 14.3. The summed E-state index contributed by atoms with van der Waals surface area (Å²) in [5.41, 5.74) is 1.46. The first-order valence-electron chi connectivity index (χ1n) is 11.8. The second-order valence-corrected chi connectivity index (χ2v) is 9.67. The van der Waals surface area contributed by atoms with Gasteiger partial charge in [0.1, 0.15) is 17.5 Å². The molecule has 2 heterocycles. The van der Waals surface area contributed by atoms with Gasteiger partial charge in [0.25, 0.3) is 0 Å². The summed E-state index contributed by atoms with van der Waals surface area (Å²) in [6.45, 7) is 0.246. The predicted octanol–water partition coefficient (Wildman–Crippen LogP) is 4.53. The van der Waals surface area contributed by atoms with Gasteiger partial charge in [-0.25, -0.2) is 0 Å². The molecule has 0 aliphatic heterocycles. The second kappa shape index (κ2) is 11.8. The van der Waals surface area contributed by atoms with Crippen LogP contribution in [0.15, 0.2) is 60.2 Å². The Hall–Kier alpha value is -3.39. The van der Waals surface area contributed by atoms with Gasteiger partial charge in [-0.1, -0.05) is 25.0 Å². The summed E-state index contributed by atoms with van der Waals surface area (Å²) in [5, 5.41) is 5.15. The Morgan fingerprint density at radius 3 is 2.63 bits per heavy atom. The van der Waals surface area contributed by atoms with Crippen molar-refractivity contribution >= 4 is 23.2 Å². The molecule has 35 heavy (non-hydrogen) atoms. The first-order chi connectivity index (χ1) is 17.1. The molecule has 1 fully saturated rings. The van der Waals surface area contributed by atoms with E-state index >= 15 is 0 Å². The molecule has 184 valence electrons. The zero-order valence-electron chi connectivity index (χ0n) is 20.1. The van der Waals surface area contributed by atoms with E-state index in [-0.39, 0.29) is 30.8 Å². The van der Waals surface area contributed by atoms with Gasteiger partial charge >= 0.3 is 0 Å². The van der Waals surface area contributed by atoms with Gasteiger partial charge in [-0.2, -0.15) is 0 Å². The van der Waals surface area contributed by atoms with Crippen LogP contribution in [0.2, 0.25) is 0 Å². The number of thiophene rings is 1. The Morgan fingerprint density at radius 1 is 1.14 bits per heavy atom. The van der Waals surface area contributed by atoms with Gasteiger partial charge in [-0.15, -0.1) is 11.3 Å². The zero-order valence-corrected chi connectivity index (χ0v) is 20.9. The number of carbonyl (C=O) groups is 2. The van der Waals surface area contributed by atoms with Gasteiger partial charge < -0.3 is 19.7 Å². The van der Waals surface area contributed by atoms with Gasteiger partial charge in [-0.05, 0) is 48.1 Å². The number of rotatable bonds is 10. The number of nitrogens with one attached hydrogen (secondary N) is 1. The summed E-state index contributed by atoms with van der Waals surface area (Å²) in [5.74, 6) is 0.768. The molecule has 7 nitrogen and oxygen atoms in total. The minimum Gasteiger partial charge on any atom is -0.497 e. The Balaban J connectivity index is 1.76. The summed E-state index contributed by atoms with van der Waals surface area (Å²) in [6, 6.07) is 12.2. The molecule has 1 atom stereocenters. The van der Waals surface area contributed by atoms with Crippen molar-refractivity contribution in [3.8, 4) is 11.5 Å². The highest BCUT2D eigenvalue weighted by molar-refractivity contribution is 7.10. The number of benzene rings is 1. The van der Waals surface area contributed by atoms with Gasteiger partial charge in [0.2, 0.25) is 11.8 Å². The quantitative estimate of drug-likeness (QED) is 0.449. The maximum atomic E-state index is 13.9. The highest BCUT2D eigenvalue weighted by atomic mass is 32.1. The Labute approximate surface area is 210 Å². The van der Waals surface area contributed by atoms with Crippen LogP contribution in [0.3, 0.4) is 0 Å². The van der Waals surface area contributed by atoms with Crippen molar-refractivity contribution in [2.75, 3.05) is 14.2 Å². The van der Waals surface area contributed by atoms with Crippen molar-refractivity contribution in [2.45, 2.75) is 50.7 Å². The van der Waals surface area contributed by atoms with E-state index in [0.29, 0.717) is 17.1 Å². The number of methoxy groups -OCH3 is 2. The van der Waals surface area contributed by atoms with Crippen LogP contribution in [0, 0.1) is 0 Å². The summed E-state index contributed by atoms with van der Waals surface area (Å²) >= 11 is 1.53. The number of hydrogen-bond donors (Lipinski definition) is 1. The molecule has 0 bridgehead atoms. The standard InChI is InChI=1S/C27H31N3O4S/c1-33-21-11-12-23(24(15-21)34-2)26(27(32)29-20-8-3-4-9-20)30(18-19-7-5-13-28-17-19)25(31)16-22-10-6-14-35-22/h5-7,10-15,17,20,26H,3-4,8-9,16,18H2,1-2H3,(H,29,32)/t26-/m1/s1. The lowest BCUT2D eigenvalue weighted by Crippen LogP contribution is -2.46. The first kappa shape index (κ1) is 24.7. The van der Waals surface area contributed by atoms with E-state index in [4.69, 9.17) is 9.47 Å². The molecule has 1 aromatic carbocycles. The van der Waals surface area contributed by atoms with Crippen LogP contribution >= 0.6 is 11.3 Å². The fourth-order valence-corrected chi connectivity index (χ4v) is 5.22. The Kier molecular flexibility index (Phi) is 8.36. The number of nitrogens with zero attached hydrogens (tertiary/aromatic N) is 2. The highest BCUT2D eigenvalue weighted by Crippen LogP contribution is 2.35. The molecule has 0 unspecified atom stereocenters. The molecular formula is C27H31N3O4S. The van der Waals surface area contributed by atoms with E-state index in [0.717, 1.165) is 36.1 Å². The number of ether oxygens (including phenoxy) is 2. The largest absolute Gasteiger partial charge is 0.497 e. The number of amides is 2. The lowest BCUT2D eigenvalue weighted by Gasteiger charge is -2.33. The molecule has 0 spiro atoms. The fourth-order valence-electron chi connectivity index (χ4n) is 4.52. The summed E-state index contributed by atoms with van der Waals surface area (Å²) in [7, 11) is 3.14. The van der Waals surface area contributed by atoms with E-state index in [9.17, 15) is 9.59 Å². The third-order valence-corrected chi connectivity index (χ3v) is 7.17. The molecule has 0 radical (unpaired) electrons. The van der Waals surface area contributed by atoms with Crippen LogP contribution in [0.25, 0.3) is 0 Å². The zero-order chi connectivity index (χ0) is 24.6. The molecule has 1 aliphatic rings. The minimum atomic E-state index is -0.871. The minimum absolute atomic E-state index is 0.113. The topological polar surface area (TPSA) is 80.8 Å². The average Bonchev–Trinajstić information content (AvgIpc) is 3.59. The Morgan fingerprint density at radius 2 is 1.97 bits per heavy atom. The lowest BCUT2D eigenvalue weighted by atomic mass is 10.0. The van der Waals surface area contributed by atoms with Crippen molar-refractivity contribution in [3.63, 3.8) is 0 Å². The van der Waals surface area contributed by atoms with Crippen molar-refractivity contribution < 1.29 is 19.1 Å². The smallest absolute Gasteiger partial charge is 0.247 e. The maximum absolute atomic E-state index is 13.9. The van der Waals surface area contributed by atoms with E-state index < -0.39 is 6.04 Å². The number of pyridine rings is 1. The molecule has 1 N–H and O–H groups in total. The number of hydrogen-bond acceptors (Lipinski definition) is 6. The predicted molar refractivity (Wildman–Crippen MR) is 135 cm³/mol. The van der Waals surface area contributed by atoms with Gasteiger partial charge in [0, 0.05) is 41.5 Å². The van der Waals surface area contributed by atoms with Crippen molar-refractivity contribution in [1.29, 1.82) is 0 Å². The third-order valence-electron chi connectivity index (χ3n) is 6.30. The number of aromatic nitrogens is 1. The maximum Gasteiger partial charge on any atom is 0.247 e. The average molecular weight is 494 g/mol. The van der Waals surface area contributed by atoms with Crippen LogP contribution in [0.5, 0.6) is 11.5 Å². The summed E-state index contributed by atoms with van der Waals surface area (Å²) in [6.07, 6.45) is 7.72. The molecule has 2 amide bonds. The van der Waals surface area contributed by atoms with Gasteiger partial charge in [0.05, 0.1) is 20.6 Å². The van der Waals surface area contributed by atoms with Gasteiger partial charge in [-0.3, -0.25) is 14.6 Å². The van der Waals surface area contributed by atoms with Crippen LogP contribution in [0.1, 0.15) is 47.7 Å². The monoisotopic (exact) mass is 493 g/mol. The van der Waals surface area contributed by atoms with E-state index in [1.165, 1.54) is 11.3 Å². The second-order valence-electron chi connectivity index (χ2n) is 8.64. The third kappa shape index (κ3) is 6.19. The molecule has 0 saturated heterocycles. The van der Waals surface area contributed by atoms with Crippen LogP contribution in [-0.4, -0.2) is 42.0 Å². The van der Waals surface area contributed by atoms with Crippen molar-refractivity contribution in [1.82, 2.24) is 15.2 Å².